The number of β-amino-alcohol motifs (C(OH)–C–C–N with tert-alkyl or cyclic N) is 1. The van der Waals surface area contributed by atoms with E-state index in [0.717, 1.165) is 57.1 Å². The Kier molecular flexibility index (Phi) is 5.53. The number of nitrogens with zero attached hydrogens (tertiary/aromatic N) is 3. The van der Waals surface area contributed by atoms with E-state index in [1.165, 1.54) is 0 Å². The first-order chi connectivity index (χ1) is 9.31. The van der Waals surface area contributed by atoms with Crippen LogP contribution < -0.4 is 11.3 Å². The zero-order chi connectivity index (χ0) is 13.5. The summed E-state index contributed by atoms with van der Waals surface area (Å²) < 4.78 is 0. The molecule has 2 rings (SSSR count). The van der Waals surface area contributed by atoms with Crippen molar-refractivity contribution in [2.75, 3.05) is 44.8 Å². The van der Waals surface area contributed by atoms with Crippen LogP contribution in [0.5, 0.6) is 0 Å². The first-order valence-corrected chi connectivity index (χ1v) is 6.79. The van der Waals surface area contributed by atoms with Crippen molar-refractivity contribution in [1.29, 1.82) is 0 Å². The molecule has 4 N–H and O–H groups in total. The number of nitrogens with one attached hydrogen (secondary N) is 1. The van der Waals surface area contributed by atoms with Gasteiger partial charge in [-0.2, -0.15) is 0 Å². The van der Waals surface area contributed by atoms with Crippen LogP contribution >= 0.6 is 0 Å². The van der Waals surface area contributed by atoms with Crippen LogP contribution in [0.3, 0.4) is 0 Å². The molecule has 1 aliphatic heterocycles. The van der Waals surface area contributed by atoms with Crippen LogP contribution in [0, 0.1) is 0 Å². The number of aliphatic hydroxyl groups is 1. The molecule has 1 aliphatic rings. The molecular formula is C13H23N5O. The minimum atomic E-state index is 0.242. The van der Waals surface area contributed by atoms with Crippen molar-refractivity contribution in [3.8, 4) is 0 Å². The van der Waals surface area contributed by atoms with Gasteiger partial charge in [0.25, 0.3) is 0 Å². The Morgan fingerprint density at radius 3 is 2.84 bits per heavy atom. The molecule has 19 heavy (non-hydrogen) atoms. The molecule has 1 saturated heterocycles. The highest BCUT2D eigenvalue weighted by atomic mass is 16.3. The van der Waals surface area contributed by atoms with E-state index in [-0.39, 0.29) is 6.61 Å². The van der Waals surface area contributed by atoms with Crippen LogP contribution in [0.15, 0.2) is 18.3 Å². The third-order valence-electron chi connectivity index (χ3n) is 3.47. The molecule has 0 spiro atoms. The van der Waals surface area contributed by atoms with Crippen LogP contribution in [0.2, 0.25) is 0 Å². The van der Waals surface area contributed by atoms with Crippen LogP contribution in [0.4, 0.5) is 5.69 Å². The maximum Gasteiger partial charge on any atom is 0.0564 e. The van der Waals surface area contributed by atoms with E-state index in [2.05, 4.69) is 20.2 Å². The molecule has 0 aromatic carbocycles. The van der Waals surface area contributed by atoms with E-state index in [1.54, 1.807) is 6.20 Å². The van der Waals surface area contributed by atoms with E-state index in [9.17, 15) is 0 Å². The average Bonchev–Trinajstić information content (AvgIpc) is 2.65. The van der Waals surface area contributed by atoms with Gasteiger partial charge < -0.3 is 10.5 Å². The number of rotatable bonds is 5. The SMILES string of the molecule is NNc1ccnc(CN2CCCN(CCO)CC2)c1. The van der Waals surface area contributed by atoms with Crippen molar-refractivity contribution in [1.82, 2.24) is 14.8 Å². The summed E-state index contributed by atoms with van der Waals surface area (Å²) in [4.78, 5) is 9.09. The molecule has 0 atom stereocenters. The minimum absolute atomic E-state index is 0.242. The molecule has 0 unspecified atom stereocenters. The molecule has 2 heterocycles. The van der Waals surface area contributed by atoms with E-state index in [1.807, 2.05) is 12.1 Å². The second-order valence-electron chi connectivity index (χ2n) is 4.88. The standard InChI is InChI=1S/C13H23N5O/c14-16-12-2-3-15-13(10-12)11-18-5-1-4-17(6-7-18)8-9-19/h2-3,10,19H,1,4-9,11,14H2,(H,15,16). The van der Waals surface area contributed by atoms with Gasteiger partial charge in [-0.3, -0.25) is 20.6 Å². The van der Waals surface area contributed by atoms with Gasteiger partial charge in [-0.25, -0.2) is 0 Å². The molecular weight excluding hydrogens is 242 g/mol. The number of anilines is 1. The molecule has 0 amide bonds. The van der Waals surface area contributed by atoms with Crippen molar-refractivity contribution in [3.05, 3.63) is 24.0 Å². The van der Waals surface area contributed by atoms with Gasteiger partial charge in [0.1, 0.15) is 0 Å². The second kappa shape index (κ2) is 7.40. The molecule has 1 aromatic rings. The van der Waals surface area contributed by atoms with Crippen molar-refractivity contribution >= 4 is 5.69 Å². The summed E-state index contributed by atoms with van der Waals surface area (Å²) in [6.07, 6.45) is 2.91. The Balaban J connectivity index is 1.88. The topological polar surface area (TPSA) is 77.7 Å². The van der Waals surface area contributed by atoms with Crippen LogP contribution in [0.25, 0.3) is 0 Å². The number of nitrogens with two attached hydrogens (primary N) is 1. The lowest BCUT2D eigenvalue weighted by molar-refractivity contribution is 0.195. The van der Waals surface area contributed by atoms with Gasteiger partial charge in [-0.1, -0.05) is 0 Å². The summed E-state index contributed by atoms with van der Waals surface area (Å²) in [6, 6.07) is 3.84. The van der Waals surface area contributed by atoms with Gasteiger partial charge in [-0.05, 0) is 31.6 Å². The zero-order valence-electron chi connectivity index (χ0n) is 11.3. The monoisotopic (exact) mass is 265 g/mol. The van der Waals surface area contributed by atoms with Gasteiger partial charge in [-0.15, -0.1) is 0 Å². The number of hydrogen-bond acceptors (Lipinski definition) is 6. The highest BCUT2D eigenvalue weighted by Gasteiger charge is 2.14. The number of aliphatic hydroxyl groups excluding tert-OH is 1. The Morgan fingerprint density at radius 1 is 1.26 bits per heavy atom. The molecule has 6 heteroatoms. The van der Waals surface area contributed by atoms with E-state index < -0.39 is 0 Å². The highest BCUT2D eigenvalue weighted by molar-refractivity contribution is 5.41. The molecule has 1 aromatic heterocycles. The number of nitrogen functional groups attached to an aromatic ring is 1. The van der Waals surface area contributed by atoms with E-state index in [0.29, 0.717) is 0 Å². The average molecular weight is 265 g/mol. The fourth-order valence-corrected chi connectivity index (χ4v) is 2.43. The summed E-state index contributed by atoms with van der Waals surface area (Å²) in [5.41, 5.74) is 4.57. The van der Waals surface area contributed by atoms with Gasteiger partial charge in [0.05, 0.1) is 18.0 Å². The molecule has 6 nitrogen and oxygen atoms in total. The third-order valence-corrected chi connectivity index (χ3v) is 3.47. The first kappa shape index (κ1) is 14.2. The Bertz CT molecular complexity index is 387. The smallest absolute Gasteiger partial charge is 0.0564 e. The summed E-state index contributed by atoms with van der Waals surface area (Å²) in [7, 11) is 0. The van der Waals surface area contributed by atoms with Crippen LogP contribution in [-0.2, 0) is 6.54 Å². The number of aromatic nitrogens is 1. The van der Waals surface area contributed by atoms with Crippen LogP contribution in [0.1, 0.15) is 12.1 Å². The maximum atomic E-state index is 8.99. The number of pyridine rings is 1. The normalized spacial score (nSPS) is 18.2. The predicted octanol–water partition coefficient (Wildman–Crippen LogP) is -0.133. The third kappa shape index (κ3) is 4.43. The number of hydrazine groups is 1. The van der Waals surface area contributed by atoms with Crippen LogP contribution in [-0.4, -0.2) is 59.2 Å². The molecule has 0 aliphatic carbocycles. The largest absolute Gasteiger partial charge is 0.395 e. The van der Waals surface area contributed by atoms with Crippen molar-refractivity contribution in [2.45, 2.75) is 13.0 Å². The van der Waals surface area contributed by atoms with Gasteiger partial charge in [0.2, 0.25) is 0 Å². The molecule has 1 fully saturated rings. The lowest BCUT2D eigenvalue weighted by Crippen LogP contribution is -2.32. The Hall–Kier alpha value is -1.21. The summed E-state index contributed by atoms with van der Waals surface area (Å²) in [5.74, 6) is 5.41. The molecule has 0 radical (unpaired) electrons. The zero-order valence-corrected chi connectivity index (χ0v) is 11.3. The van der Waals surface area contributed by atoms with Gasteiger partial charge >= 0.3 is 0 Å². The quantitative estimate of drug-likeness (QED) is 0.508. The fraction of sp³-hybridized carbons (Fsp3) is 0.615. The number of hydrogen-bond donors (Lipinski definition) is 3. The van der Waals surface area contributed by atoms with E-state index >= 15 is 0 Å². The molecule has 0 saturated carbocycles. The first-order valence-electron chi connectivity index (χ1n) is 6.79. The van der Waals surface area contributed by atoms with E-state index in [4.69, 9.17) is 10.9 Å². The van der Waals surface area contributed by atoms with Gasteiger partial charge in [0.15, 0.2) is 0 Å². The summed E-state index contributed by atoms with van der Waals surface area (Å²) >= 11 is 0. The lowest BCUT2D eigenvalue weighted by atomic mass is 10.3. The Labute approximate surface area is 114 Å². The summed E-state index contributed by atoms with van der Waals surface area (Å²) in [6.45, 7) is 6.03. The fourth-order valence-electron chi connectivity index (χ4n) is 2.43. The highest BCUT2D eigenvalue weighted by Crippen LogP contribution is 2.10. The maximum absolute atomic E-state index is 8.99. The second-order valence-corrected chi connectivity index (χ2v) is 4.88. The predicted molar refractivity (Wildman–Crippen MR) is 75.5 cm³/mol. The lowest BCUT2D eigenvalue weighted by Gasteiger charge is -2.21. The minimum Gasteiger partial charge on any atom is -0.395 e. The molecule has 0 bridgehead atoms. The van der Waals surface area contributed by atoms with Crippen molar-refractivity contribution in [2.24, 2.45) is 5.84 Å². The molecule has 106 valence electrons. The Morgan fingerprint density at radius 2 is 2.05 bits per heavy atom. The van der Waals surface area contributed by atoms with Gasteiger partial charge in [0, 0.05) is 32.4 Å². The van der Waals surface area contributed by atoms with Crippen molar-refractivity contribution in [3.63, 3.8) is 0 Å². The summed E-state index contributed by atoms with van der Waals surface area (Å²) in [5, 5.41) is 8.99. The van der Waals surface area contributed by atoms with Crippen molar-refractivity contribution < 1.29 is 5.11 Å².